The molecule has 0 bridgehead atoms. The van der Waals surface area contributed by atoms with Crippen molar-refractivity contribution in [1.82, 2.24) is 30.3 Å². The van der Waals surface area contributed by atoms with Crippen molar-refractivity contribution in [2.75, 3.05) is 13.1 Å². The molecule has 0 aliphatic carbocycles. The van der Waals surface area contributed by atoms with Gasteiger partial charge in [-0.1, -0.05) is 5.16 Å². The van der Waals surface area contributed by atoms with Crippen LogP contribution in [0.5, 0.6) is 0 Å². The van der Waals surface area contributed by atoms with Crippen molar-refractivity contribution >= 4 is 21.8 Å². The van der Waals surface area contributed by atoms with E-state index in [1.807, 2.05) is 0 Å². The van der Waals surface area contributed by atoms with Crippen molar-refractivity contribution in [3.05, 3.63) is 60.2 Å². The highest BCUT2D eigenvalue weighted by Crippen LogP contribution is 2.21. The van der Waals surface area contributed by atoms with Crippen LogP contribution in [0.15, 0.2) is 58.2 Å². The minimum absolute atomic E-state index is 0.0158. The van der Waals surface area contributed by atoms with Gasteiger partial charge in [-0.05, 0) is 49.2 Å². The van der Waals surface area contributed by atoms with Gasteiger partial charge in [0.1, 0.15) is 0 Å². The molecule has 33 heavy (non-hydrogen) atoms. The summed E-state index contributed by atoms with van der Waals surface area (Å²) in [4.78, 5) is 32.7. The smallest absolute Gasteiger partial charge is 0.269 e. The monoisotopic (exact) mass is 470 g/mol. The number of sulfonamides is 1. The minimum Gasteiger partial charge on any atom is -0.339 e. The van der Waals surface area contributed by atoms with Gasteiger partial charge in [0.15, 0.2) is 0 Å². The van der Waals surface area contributed by atoms with Gasteiger partial charge in [-0.3, -0.25) is 25.4 Å². The molecule has 0 atom stereocenters. The highest BCUT2D eigenvalue weighted by molar-refractivity contribution is 7.89. The van der Waals surface area contributed by atoms with Gasteiger partial charge < -0.3 is 4.52 Å². The Kier molecular flexibility index (Phi) is 6.75. The van der Waals surface area contributed by atoms with Gasteiger partial charge in [0.2, 0.25) is 27.6 Å². The third-order valence-corrected chi connectivity index (χ3v) is 7.00. The Morgan fingerprint density at radius 3 is 2.52 bits per heavy atom. The quantitative estimate of drug-likeness (QED) is 0.491. The molecule has 3 aromatic rings. The lowest BCUT2D eigenvalue weighted by Gasteiger charge is -2.15. The second-order valence-electron chi connectivity index (χ2n) is 7.39. The molecule has 2 N–H and O–H groups in total. The number of hydrogen-bond donors (Lipinski definition) is 2. The molecule has 12 heteroatoms. The van der Waals surface area contributed by atoms with E-state index in [-0.39, 0.29) is 29.2 Å². The lowest BCUT2D eigenvalue weighted by atomic mass is 10.2. The van der Waals surface area contributed by atoms with Crippen LogP contribution in [0.3, 0.4) is 0 Å². The zero-order valence-corrected chi connectivity index (χ0v) is 18.4. The predicted molar refractivity (Wildman–Crippen MR) is 116 cm³/mol. The first-order valence-corrected chi connectivity index (χ1v) is 11.8. The molecule has 4 rings (SSSR count). The molecule has 11 nitrogen and oxygen atoms in total. The van der Waals surface area contributed by atoms with E-state index in [9.17, 15) is 18.0 Å². The average Bonchev–Trinajstić information content (AvgIpc) is 3.55. The molecule has 1 aromatic carbocycles. The molecule has 0 spiro atoms. The summed E-state index contributed by atoms with van der Waals surface area (Å²) >= 11 is 0. The predicted octanol–water partition coefficient (Wildman–Crippen LogP) is 1.31. The molecule has 0 radical (unpaired) electrons. The van der Waals surface area contributed by atoms with Gasteiger partial charge in [-0.15, -0.1) is 0 Å². The van der Waals surface area contributed by atoms with E-state index in [1.54, 1.807) is 24.5 Å². The van der Waals surface area contributed by atoms with Gasteiger partial charge in [-0.2, -0.15) is 9.29 Å². The van der Waals surface area contributed by atoms with Crippen molar-refractivity contribution in [2.45, 2.75) is 30.6 Å². The maximum atomic E-state index is 12.5. The number of hydrogen-bond acceptors (Lipinski definition) is 8. The van der Waals surface area contributed by atoms with Crippen LogP contribution in [-0.2, 0) is 21.2 Å². The molecule has 1 aliphatic rings. The number of hydrazine groups is 1. The highest BCUT2D eigenvalue weighted by atomic mass is 32.2. The molecule has 1 aliphatic heterocycles. The Labute approximate surface area is 190 Å². The molecule has 2 aromatic heterocycles. The van der Waals surface area contributed by atoms with E-state index in [0.29, 0.717) is 24.5 Å². The van der Waals surface area contributed by atoms with Crippen LogP contribution < -0.4 is 10.9 Å². The summed E-state index contributed by atoms with van der Waals surface area (Å²) in [5, 5.41) is 3.85. The van der Waals surface area contributed by atoms with Crippen molar-refractivity contribution in [3.8, 4) is 11.4 Å². The first-order chi connectivity index (χ1) is 15.9. The normalized spacial score (nSPS) is 14.2. The van der Waals surface area contributed by atoms with Crippen molar-refractivity contribution in [2.24, 2.45) is 0 Å². The van der Waals surface area contributed by atoms with E-state index in [2.05, 4.69) is 26.0 Å². The van der Waals surface area contributed by atoms with Gasteiger partial charge >= 0.3 is 0 Å². The van der Waals surface area contributed by atoms with E-state index in [4.69, 9.17) is 4.52 Å². The fraction of sp³-hybridized carbons (Fsp3) is 0.286. The lowest BCUT2D eigenvalue weighted by molar-refractivity contribution is -0.121. The summed E-state index contributed by atoms with van der Waals surface area (Å²) in [5.41, 5.74) is 5.53. The summed E-state index contributed by atoms with van der Waals surface area (Å²) in [5.74, 6) is -0.352. The second kappa shape index (κ2) is 9.88. The Morgan fingerprint density at radius 2 is 1.82 bits per heavy atom. The van der Waals surface area contributed by atoms with E-state index < -0.39 is 21.8 Å². The van der Waals surface area contributed by atoms with Crippen LogP contribution in [0.4, 0.5) is 0 Å². The third kappa shape index (κ3) is 5.41. The molecule has 2 amide bonds. The van der Waals surface area contributed by atoms with Gasteiger partial charge in [0.25, 0.3) is 5.91 Å². The number of carbonyl (C=O) groups excluding carboxylic acids is 2. The third-order valence-electron chi connectivity index (χ3n) is 5.09. The Bertz CT molecular complexity index is 1220. The summed E-state index contributed by atoms with van der Waals surface area (Å²) in [6.07, 6.45) is 5.13. The van der Waals surface area contributed by atoms with E-state index in [0.717, 1.165) is 12.8 Å². The van der Waals surface area contributed by atoms with Crippen molar-refractivity contribution in [3.63, 3.8) is 0 Å². The van der Waals surface area contributed by atoms with Crippen LogP contribution in [0.25, 0.3) is 11.4 Å². The fourth-order valence-electron chi connectivity index (χ4n) is 3.31. The molecule has 3 heterocycles. The molecule has 172 valence electrons. The summed E-state index contributed by atoms with van der Waals surface area (Å²) in [7, 11) is -3.55. The van der Waals surface area contributed by atoms with E-state index in [1.165, 1.54) is 28.6 Å². The second-order valence-corrected chi connectivity index (χ2v) is 9.33. The van der Waals surface area contributed by atoms with Gasteiger partial charge in [0, 0.05) is 49.5 Å². The highest BCUT2D eigenvalue weighted by Gasteiger charge is 2.27. The van der Waals surface area contributed by atoms with Crippen LogP contribution in [0.2, 0.25) is 0 Å². The number of pyridine rings is 1. The molecular weight excluding hydrogens is 448 g/mol. The number of amides is 2. The lowest BCUT2D eigenvalue weighted by Crippen LogP contribution is -2.41. The van der Waals surface area contributed by atoms with Crippen molar-refractivity contribution < 1.29 is 22.5 Å². The fourth-order valence-corrected chi connectivity index (χ4v) is 4.82. The maximum absolute atomic E-state index is 12.5. The van der Waals surface area contributed by atoms with Crippen LogP contribution in [0.1, 0.15) is 35.5 Å². The standard InChI is InChI=1S/C21H22N6O5S/c28-18(9-10-19-23-20(26-32-19)16-4-3-11-22-14-16)24-25-21(29)15-5-7-17(8-6-15)33(30,31)27-12-1-2-13-27/h3-8,11,14H,1-2,9-10,12-13H2,(H,24,28)(H,25,29). The first kappa shape index (κ1) is 22.6. The summed E-state index contributed by atoms with van der Waals surface area (Å²) < 4.78 is 31.7. The number of aryl methyl sites for hydroxylation is 1. The van der Waals surface area contributed by atoms with Crippen LogP contribution in [0, 0.1) is 0 Å². The number of rotatable bonds is 7. The summed E-state index contributed by atoms with van der Waals surface area (Å²) in [6.45, 7) is 1.01. The maximum Gasteiger partial charge on any atom is 0.269 e. The zero-order valence-electron chi connectivity index (χ0n) is 17.6. The van der Waals surface area contributed by atoms with Gasteiger partial charge in [-0.25, -0.2) is 8.42 Å². The summed E-state index contributed by atoms with van der Waals surface area (Å²) in [6, 6.07) is 9.13. The van der Waals surface area contributed by atoms with Crippen LogP contribution in [-0.4, -0.2) is 52.8 Å². The number of benzene rings is 1. The topological polar surface area (TPSA) is 147 Å². The molecule has 0 unspecified atom stereocenters. The zero-order chi connectivity index (χ0) is 23.3. The largest absolute Gasteiger partial charge is 0.339 e. The SMILES string of the molecule is O=C(CCc1nc(-c2cccnc2)no1)NNC(=O)c1ccc(S(=O)(=O)N2CCCC2)cc1. The molecule has 1 saturated heterocycles. The van der Waals surface area contributed by atoms with Crippen LogP contribution >= 0.6 is 0 Å². The average molecular weight is 471 g/mol. The van der Waals surface area contributed by atoms with Crippen molar-refractivity contribution in [1.29, 1.82) is 0 Å². The van der Waals surface area contributed by atoms with Gasteiger partial charge in [0.05, 0.1) is 4.90 Å². The molecule has 1 fully saturated rings. The molecule has 0 saturated carbocycles. The van der Waals surface area contributed by atoms with E-state index >= 15 is 0 Å². The number of nitrogens with one attached hydrogen (secondary N) is 2. The Balaban J connectivity index is 1.25. The Morgan fingerprint density at radius 1 is 1.06 bits per heavy atom. The number of nitrogens with zero attached hydrogens (tertiary/aromatic N) is 4. The first-order valence-electron chi connectivity index (χ1n) is 10.4. The molecular formula is C21H22N6O5S. The number of aromatic nitrogens is 3. The minimum atomic E-state index is -3.55. The number of carbonyl (C=O) groups is 2. The Hall–Kier alpha value is -3.64.